The van der Waals surface area contributed by atoms with Crippen LogP contribution in [-0.4, -0.2) is 36.3 Å². The highest BCUT2D eigenvalue weighted by Gasteiger charge is 2.11. The largest absolute Gasteiger partial charge is 0.309 e. The lowest BCUT2D eigenvalue weighted by Gasteiger charge is -2.13. The maximum atomic E-state index is 4.65. The molecule has 0 fully saturated rings. The van der Waals surface area contributed by atoms with Crippen molar-refractivity contribution in [2.75, 3.05) is 26.4 Å². The monoisotopic (exact) mass is 322 g/mol. The average Bonchev–Trinajstić information content (AvgIpc) is 2.59. The molecule has 0 saturated carbocycles. The van der Waals surface area contributed by atoms with E-state index in [1.54, 1.807) is 0 Å². The van der Waals surface area contributed by atoms with E-state index in [0.717, 1.165) is 17.8 Å². The lowest BCUT2D eigenvalue weighted by molar-refractivity contribution is 0.410. The van der Waals surface area contributed by atoms with Gasteiger partial charge in [-0.1, -0.05) is 48.5 Å². The topological polar surface area (TPSA) is 16.1 Å². The molecule has 0 saturated heterocycles. The number of benzene rings is 2. The summed E-state index contributed by atoms with van der Waals surface area (Å²) in [6, 6.07) is 19.0. The van der Waals surface area contributed by atoms with E-state index in [1.165, 1.54) is 27.8 Å². The summed E-state index contributed by atoms with van der Waals surface area (Å²) in [7, 11) is 4.25. The Balaban J connectivity index is 1.97. The molecule has 0 atom stereocenters. The minimum absolute atomic E-state index is 1.07. The van der Waals surface area contributed by atoms with Gasteiger partial charge in [-0.05, 0) is 44.4 Å². The molecule has 0 unspecified atom stereocenters. The second-order valence-electron chi connectivity index (χ2n) is 5.89. The van der Waals surface area contributed by atoms with Gasteiger partial charge in [0, 0.05) is 22.0 Å². The number of hydrogen-bond acceptors (Lipinski definition) is 3. The first-order chi connectivity index (χ1) is 11.3. The molecule has 0 N–H and O–H groups in total. The summed E-state index contributed by atoms with van der Waals surface area (Å²) in [5, 5.41) is 1.25. The Hall–Kier alpha value is -1.84. The SMILES string of the molecule is CN(C)CCCSc1c(-c2ccccc2)cnc2ccccc12. The first-order valence-corrected chi connectivity index (χ1v) is 8.95. The summed E-state index contributed by atoms with van der Waals surface area (Å²) in [5.41, 5.74) is 3.54. The Morgan fingerprint density at radius 1 is 0.957 bits per heavy atom. The molecule has 23 heavy (non-hydrogen) atoms. The minimum Gasteiger partial charge on any atom is -0.309 e. The number of thioether (sulfide) groups is 1. The quantitative estimate of drug-likeness (QED) is 0.472. The van der Waals surface area contributed by atoms with Gasteiger partial charge in [-0.3, -0.25) is 4.98 Å². The summed E-state index contributed by atoms with van der Waals surface area (Å²) < 4.78 is 0. The van der Waals surface area contributed by atoms with Crippen LogP contribution in [0.1, 0.15) is 6.42 Å². The number of fused-ring (bicyclic) bond motifs is 1. The van der Waals surface area contributed by atoms with Crippen LogP contribution in [0.5, 0.6) is 0 Å². The normalized spacial score (nSPS) is 11.3. The summed E-state index contributed by atoms with van der Waals surface area (Å²) in [6.07, 6.45) is 3.20. The van der Waals surface area contributed by atoms with E-state index in [9.17, 15) is 0 Å². The van der Waals surface area contributed by atoms with Crippen LogP contribution in [0.3, 0.4) is 0 Å². The number of nitrogens with zero attached hydrogens (tertiary/aromatic N) is 2. The lowest BCUT2D eigenvalue weighted by atomic mass is 10.1. The zero-order chi connectivity index (χ0) is 16.1. The third-order valence-corrected chi connectivity index (χ3v) is 5.03. The molecule has 1 aromatic heterocycles. The van der Waals surface area contributed by atoms with Crippen molar-refractivity contribution in [3.8, 4) is 11.1 Å². The van der Waals surface area contributed by atoms with Crippen molar-refractivity contribution in [1.29, 1.82) is 0 Å². The second kappa shape index (κ2) is 7.62. The zero-order valence-corrected chi connectivity index (χ0v) is 14.5. The van der Waals surface area contributed by atoms with E-state index in [-0.39, 0.29) is 0 Å². The van der Waals surface area contributed by atoms with E-state index < -0.39 is 0 Å². The van der Waals surface area contributed by atoms with Crippen molar-refractivity contribution in [3.63, 3.8) is 0 Å². The molecule has 0 amide bonds. The fourth-order valence-electron chi connectivity index (χ4n) is 2.65. The van der Waals surface area contributed by atoms with E-state index >= 15 is 0 Å². The Morgan fingerprint density at radius 2 is 1.70 bits per heavy atom. The predicted octanol–water partition coefficient (Wildman–Crippen LogP) is 4.95. The molecule has 0 aliphatic carbocycles. The smallest absolute Gasteiger partial charge is 0.0713 e. The van der Waals surface area contributed by atoms with Gasteiger partial charge in [0.05, 0.1) is 5.52 Å². The van der Waals surface area contributed by atoms with Crippen molar-refractivity contribution in [2.45, 2.75) is 11.3 Å². The molecule has 0 aliphatic heterocycles. The number of aromatic nitrogens is 1. The Labute approximate surface area is 142 Å². The van der Waals surface area contributed by atoms with Crippen molar-refractivity contribution < 1.29 is 0 Å². The van der Waals surface area contributed by atoms with Crippen LogP contribution < -0.4 is 0 Å². The minimum atomic E-state index is 1.07. The van der Waals surface area contributed by atoms with E-state index in [1.807, 2.05) is 18.0 Å². The van der Waals surface area contributed by atoms with Gasteiger partial charge >= 0.3 is 0 Å². The summed E-state index contributed by atoms with van der Waals surface area (Å²) in [4.78, 5) is 8.24. The van der Waals surface area contributed by atoms with Gasteiger partial charge in [0.15, 0.2) is 0 Å². The summed E-state index contributed by atoms with van der Waals surface area (Å²) >= 11 is 1.95. The highest BCUT2D eigenvalue weighted by molar-refractivity contribution is 7.99. The van der Waals surface area contributed by atoms with Crippen LogP contribution in [0, 0.1) is 0 Å². The van der Waals surface area contributed by atoms with Gasteiger partial charge in [0.25, 0.3) is 0 Å². The summed E-state index contributed by atoms with van der Waals surface area (Å²) in [6.45, 7) is 1.12. The fourth-order valence-corrected chi connectivity index (χ4v) is 3.78. The van der Waals surface area contributed by atoms with Crippen molar-refractivity contribution in [2.24, 2.45) is 0 Å². The van der Waals surface area contributed by atoms with Gasteiger partial charge in [-0.25, -0.2) is 0 Å². The number of pyridine rings is 1. The van der Waals surface area contributed by atoms with Gasteiger partial charge < -0.3 is 4.90 Å². The third kappa shape index (κ3) is 3.92. The van der Waals surface area contributed by atoms with Crippen LogP contribution in [0.2, 0.25) is 0 Å². The first-order valence-electron chi connectivity index (χ1n) is 7.96. The van der Waals surface area contributed by atoms with Crippen molar-refractivity contribution >= 4 is 22.7 Å². The number of rotatable bonds is 6. The predicted molar refractivity (Wildman–Crippen MR) is 101 cm³/mol. The van der Waals surface area contributed by atoms with Gasteiger partial charge in [-0.15, -0.1) is 11.8 Å². The molecule has 0 spiro atoms. The molecule has 1 heterocycles. The van der Waals surface area contributed by atoms with Gasteiger partial charge in [-0.2, -0.15) is 0 Å². The molecule has 0 bridgehead atoms. The zero-order valence-electron chi connectivity index (χ0n) is 13.7. The lowest BCUT2D eigenvalue weighted by Crippen LogP contribution is -2.13. The molecule has 118 valence electrons. The van der Waals surface area contributed by atoms with E-state index in [4.69, 9.17) is 0 Å². The van der Waals surface area contributed by atoms with Crippen molar-refractivity contribution in [1.82, 2.24) is 9.88 Å². The van der Waals surface area contributed by atoms with Crippen LogP contribution in [0.4, 0.5) is 0 Å². The molecule has 3 rings (SSSR count). The van der Waals surface area contributed by atoms with Crippen molar-refractivity contribution in [3.05, 3.63) is 60.8 Å². The molecule has 0 radical (unpaired) electrons. The number of hydrogen-bond donors (Lipinski definition) is 0. The maximum absolute atomic E-state index is 4.65. The number of para-hydroxylation sites is 1. The molecule has 3 aromatic rings. The molecule has 2 aromatic carbocycles. The third-order valence-electron chi connectivity index (χ3n) is 3.81. The van der Waals surface area contributed by atoms with Crippen LogP contribution in [0.15, 0.2) is 65.7 Å². The highest BCUT2D eigenvalue weighted by Crippen LogP contribution is 2.36. The van der Waals surface area contributed by atoms with Crippen LogP contribution in [-0.2, 0) is 0 Å². The Morgan fingerprint density at radius 3 is 2.48 bits per heavy atom. The molecule has 3 heteroatoms. The molecule has 2 nitrogen and oxygen atoms in total. The molecule has 0 aliphatic rings. The highest BCUT2D eigenvalue weighted by atomic mass is 32.2. The van der Waals surface area contributed by atoms with E-state index in [2.05, 4.69) is 78.6 Å². The first kappa shape index (κ1) is 16.0. The summed E-state index contributed by atoms with van der Waals surface area (Å²) in [5.74, 6) is 1.12. The average molecular weight is 322 g/mol. The second-order valence-corrected chi connectivity index (χ2v) is 6.99. The maximum Gasteiger partial charge on any atom is 0.0713 e. The molecular weight excluding hydrogens is 300 g/mol. The fraction of sp³-hybridized carbons (Fsp3) is 0.250. The Kier molecular flexibility index (Phi) is 5.31. The van der Waals surface area contributed by atoms with Gasteiger partial charge in [0.2, 0.25) is 0 Å². The molecular formula is C20H22N2S. The van der Waals surface area contributed by atoms with Gasteiger partial charge in [0.1, 0.15) is 0 Å². The Bertz CT molecular complexity index is 769. The van der Waals surface area contributed by atoms with E-state index in [0.29, 0.717) is 0 Å². The standard InChI is InChI=1S/C20H22N2S/c1-22(2)13-8-14-23-20-17-11-6-7-12-19(17)21-15-18(20)16-9-4-3-5-10-16/h3-7,9-12,15H,8,13-14H2,1-2H3. The van der Waals surface area contributed by atoms with Crippen LogP contribution in [0.25, 0.3) is 22.0 Å². The van der Waals surface area contributed by atoms with Crippen LogP contribution >= 0.6 is 11.8 Å².